The molecule has 0 spiro atoms. The maximum Gasteiger partial charge on any atom is 0.309 e. The summed E-state index contributed by atoms with van der Waals surface area (Å²) in [6, 6.07) is 19.3. The SMILES string of the molecule is COc1ccccc1OCCC(=O)OCc1cc(F)cc2c1OC(c1ccccc1)OC2. The van der Waals surface area contributed by atoms with E-state index in [0.717, 1.165) is 5.56 Å². The highest BCUT2D eigenvalue weighted by Gasteiger charge is 2.25. The Labute approximate surface area is 185 Å². The first-order valence-electron chi connectivity index (χ1n) is 10.2. The van der Waals surface area contributed by atoms with E-state index in [1.165, 1.54) is 12.1 Å². The van der Waals surface area contributed by atoms with Crippen molar-refractivity contribution in [3.63, 3.8) is 0 Å². The number of para-hydroxylation sites is 2. The number of ether oxygens (including phenoxy) is 5. The Bertz CT molecular complexity index is 1070. The van der Waals surface area contributed by atoms with E-state index in [-0.39, 0.29) is 26.2 Å². The average molecular weight is 438 g/mol. The van der Waals surface area contributed by atoms with Crippen LogP contribution in [0, 0.1) is 5.82 Å². The lowest BCUT2D eigenvalue weighted by atomic mass is 10.1. The molecule has 0 radical (unpaired) electrons. The van der Waals surface area contributed by atoms with E-state index in [9.17, 15) is 9.18 Å². The number of hydrogen-bond acceptors (Lipinski definition) is 6. The van der Waals surface area contributed by atoms with Crippen LogP contribution in [0.1, 0.15) is 29.4 Å². The normalized spacial score (nSPS) is 14.8. The van der Waals surface area contributed by atoms with E-state index < -0.39 is 18.1 Å². The van der Waals surface area contributed by atoms with Crippen LogP contribution in [0.4, 0.5) is 4.39 Å². The molecule has 6 nitrogen and oxygen atoms in total. The van der Waals surface area contributed by atoms with Gasteiger partial charge in [0.15, 0.2) is 11.5 Å². The van der Waals surface area contributed by atoms with Crippen LogP contribution >= 0.6 is 0 Å². The predicted octanol–water partition coefficient (Wildman–Crippen LogP) is 4.95. The molecule has 0 bridgehead atoms. The molecule has 3 aromatic carbocycles. The van der Waals surface area contributed by atoms with Gasteiger partial charge in [-0.05, 0) is 24.3 Å². The molecular weight excluding hydrogens is 415 g/mol. The van der Waals surface area contributed by atoms with Crippen LogP contribution in [0.25, 0.3) is 0 Å². The predicted molar refractivity (Wildman–Crippen MR) is 114 cm³/mol. The fraction of sp³-hybridized carbons (Fsp3) is 0.240. The topological polar surface area (TPSA) is 63.2 Å². The Morgan fingerprint density at radius 3 is 2.59 bits per heavy atom. The van der Waals surface area contributed by atoms with Gasteiger partial charge in [-0.2, -0.15) is 0 Å². The Kier molecular flexibility index (Phi) is 6.87. The van der Waals surface area contributed by atoms with Crippen molar-refractivity contribution in [1.82, 2.24) is 0 Å². The first kappa shape index (κ1) is 21.6. The van der Waals surface area contributed by atoms with Gasteiger partial charge in [0, 0.05) is 16.7 Å². The van der Waals surface area contributed by atoms with Crippen LogP contribution in [-0.4, -0.2) is 19.7 Å². The number of carbonyl (C=O) groups is 1. The molecule has 0 saturated heterocycles. The van der Waals surface area contributed by atoms with Gasteiger partial charge in [-0.25, -0.2) is 4.39 Å². The Balaban J connectivity index is 1.36. The van der Waals surface area contributed by atoms with Crippen molar-refractivity contribution in [2.24, 2.45) is 0 Å². The molecule has 1 unspecified atom stereocenters. The standard InChI is InChI=1S/C25H23FO6/c1-28-21-9-5-6-10-22(21)29-12-11-23(27)30-15-18-13-20(26)14-19-16-31-25(32-24(18)19)17-7-3-2-4-8-17/h2-10,13-14,25H,11-12,15-16H2,1H3. The first-order chi connectivity index (χ1) is 15.6. The second-order valence-corrected chi connectivity index (χ2v) is 7.13. The quantitative estimate of drug-likeness (QED) is 0.464. The summed E-state index contributed by atoms with van der Waals surface area (Å²) in [6.07, 6.45) is -0.579. The smallest absolute Gasteiger partial charge is 0.309 e. The highest BCUT2D eigenvalue weighted by atomic mass is 19.1. The van der Waals surface area contributed by atoms with Crippen LogP contribution < -0.4 is 14.2 Å². The molecule has 0 N–H and O–H groups in total. The Morgan fingerprint density at radius 1 is 1.06 bits per heavy atom. The van der Waals surface area contributed by atoms with Crippen molar-refractivity contribution in [2.45, 2.75) is 25.9 Å². The molecule has 0 aliphatic carbocycles. The third-order valence-electron chi connectivity index (χ3n) is 4.92. The summed E-state index contributed by atoms with van der Waals surface area (Å²) in [6.45, 7) is 0.205. The molecule has 3 aromatic rings. The zero-order valence-corrected chi connectivity index (χ0v) is 17.6. The van der Waals surface area contributed by atoms with Gasteiger partial charge in [0.05, 0.1) is 26.7 Å². The summed E-state index contributed by atoms with van der Waals surface area (Å²) in [7, 11) is 1.55. The maximum absolute atomic E-state index is 14.1. The van der Waals surface area contributed by atoms with Crippen LogP contribution in [-0.2, 0) is 27.5 Å². The number of esters is 1. The molecular formula is C25H23FO6. The Hall–Kier alpha value is -3.58. The van der Waals surface area contributed by atoms with Crippen molar-refractivity contribution in [3.05, 3.63) is 89.2 Å². The summed E-state index contributed by atoms with van der Waals surface area (Å²) in [4.78, 5) is 12.2. The number of halogens is 1. The molecule has 0 amide bonds. The number of hydrogen-bond donors (Lipinski definition) is 0. The first-order valence-corrected chi connectivity index (χ1v) is 10.2. The van der Waals surface area contributed by atoms with Gasteiger partial charge in [-0.1, -0.05) is 42.5 Å². The van der Waals surface area contributed by atoms with E-state index in [4.69, 9.17) is 23.7 Å². The van der Waals surface area contributed by atoms with Gasteiger partial charge in [0.25, 0.3) is 0 Å². The highest BCUT2D eigenvalue weighted by molar-refractivity contribution is 5.69. The van der Waals surface area contributed by atoms with Gasteiger partial charge < -0.3 is 23.7 Å². The molecule has 0 saturated carbocycles. The molecule has 1 atom stereocenters. The van der Waals surface area contributed by atoms with Crippen LogP contribution in [0.5, 0.6) is 17.2 Å². The highest BCUT2D eigenvalue weighted by Crippen LogP contribution is 2.37. The molecule has 1 aliphatic heterocycles. The van der Waals surface area contributed by atoms with Crippen LogP contribution in [0.2, 0.25) is 0 Å². The second kappa shape index (κ2) is 10.2. The van der Waals surface area contributed by atoms with Crippen molar-refractivity contribution in [3.8, 4) is 17.2 Å². The molecule has 4 rings (SSSR count). The summed E-state index contributed by atoms with van der Waals surface area (Å²) >= 11 is 0. The molecule has 0 fully saturated rings. The minimum Gasteiger partial charge on any atom is -0.493 e. The van der Waals surface area contributed by atoms with Crippen LogP contribution in [0.3, 0.4) is 0 Å². The molecule has 32 heavy (non-hydrogen) atoms. The molecule has 7 heteroatoms. The monoisotopic (exact) mass is 438 g/mol. The van der Waals surface area contributed by atoms with Crippen molar-refractivity contribution < 1.29 is 32.9 Å². The lowest BCUT2D eigenvalue weighted by Crippen LogP contribution is -2.20. The van der Waals surface area contributed by atoms with Crippen molar-refractivity contribution >= 4 is 5.97 Å². The summed E-state index contributed by atoms with van der Waals surface area (Å²) in [5.74, 6) is 0.691. The van der Waals surface area contributed by atoms with Gasteiger partial charge in [-0.15, -0.1) is 0 Å². The third-order valence-corrected chi connectivity index (χ3v) is 4.92. The van der Waals surface area contributed by atoms with Crippen LogP contribution in [0.15, 0.2) is 66.7 Å². The lowest BCUT2D eigenvalue weighted by Gasteiger charge is -2.28. The fourth-order valence-electron chi connectivity index (χ4n) is 3.37. The average Bonchev–Trinajstić information content (AvgIpc) is 2.83. The number of fused-ring (bicyclic) bond motifs is 1. The molecule has 0 aromatic heterocycles. The maximum atomic E-state index is 14.1. The van der Waals surface area contributed by atoms with Gasteiger partial charge in [0.1, 0.15) is 18.2 Å². The van der Waals surface area contributed by atoms with Gasteiger partial charge in [-0.3, -0.25) is 4.79 Å². The number of methoxy groups -OCH3 is 1. The number of carbonyl (C=O) groups excluding carboxylic acids is 1. The zero-order chi connectivity index (χ0) is 22.3. The summed E-state index contributed by atoms with van der Waals surface area (Å²) in [5.41, 5.74) is 1.87. The lowest BCUT2D eigenvalue weighted by molar-refractivity contribution is -0.145. The fourth-order valence-corrected chi connectivity index (χ4v) is 3.37. The van der Waals surface area contributed by atoms with Crippen molar-refractivity contribution in [1.29, 1.82) is 0 Å². The number of benzene rings is 3. The van der Waals surface area contributed by atoms with E-state index in [0.29, 0.717) is 28.4 Å². The van der Waals surface area contributed by atoms with E-state index >= 15 is 0 Å². The van der Waals surface area contributed by atoms with E-state index in [1.807, 2.05) is 42.5 Å². The van der Waals surface area contributed by atoms with Gasteiger partial charge in [0.2, 0.25) is 6.29 Å². The summed E-state index contributed by atoms with van der Waals surface area (Å²) in [5, 5.41) is 0. The molecule has 166 valence electrons. The van der Waals surface area contributed by atoms with Crippen molar-refractivity contribution in [2.75, 3.05) is 13.7 Å². The number of rotatable bonds is 8. The molecule has 1 heterocycles. The second-order valence-electron chi connectivity index (χ2n) is 7.13. The summed E-state index contributed by atoms with van der Waals surface area (Å²) < 4.78 is 41.9. The minimum atomic E-state index is -0.613. The van der Waals surface area contributed by atoms with E-state index in [2.05, 4.69) is 0 Å². The zero-order valence-electron chi connectivity index (χ0n) is 17.6. The third kappa shape index (κ3) is 5.18. The Morgan fingerprint density at radius 2 is 1.81 bits per heavy atom. The minimum absolute atomic E-state index is 0.0339. The largest absolute Gasteiger partial charge is 0.493 e. The van der Waals surface area contributed by atoms with Gasteiger partial charge >= 0.3 is 5.97 Å². The van der Waals surface area contributed by atoms with E-state index in [1.54, 1.807) is 19.2 Å². The molecule has 1 aliphatic rings.